The number of aryl methyl sites for hydroxylation is 3. The normalized spacial score (nSPS) is 21.6. The van der Waals surface area contributed by atoms with Gasteiger partial charge in [0.05, 0.1) is 49.5 Å². The number of anilines is 1. The largest absolute Gasteiger partial charge is 0.434 e. The highest BCUT2D eigenvalue weighted by Crippen LogP contribution is 2.63. The third-order valence-electron chi connectivity index (χ3n) is 10.6. The van der Waals surface area contributed by atoms with Gasteiger partial charge in [-0.2, -0.15) is 0 Å². The van der Waals surface area contributed by atoms with Gasteiger partial charge in [-0.05, 0) is 91.3 Å². The van der Waals surface area contributed by atoms with Gasteiger partial charge >= 0.3 is 5.76 Å². The topological polar surface area (TPSA) is 130 Å². The van der Waals surface area contributed by atoms with Crippen LogP contribution in [0, 0.1) is 11.7 Å². The molecule has 10 nitrogen and oxygen atoms in total. The van der Waals surface area contributed by atoms with Gasteiger partial charge in [0.2, 0.25) is 0 Å². The third-order valence-corrected chi connectivity index (χ3v) is 12.0. The highest BCUT2D eigenvalue weighted by atomic mass is 35.5. The van der Waals surface area contributed by atoms with Crippen LogP contribution in [0.5, 0.6) is 0 Å². The van der Waals surface area contributed by atoms with E-state index in [1.54, 1.807) is 24.5 Å². The molecule has 1 amide bonds. The summed E-state index contributed by atoms with van der Waals surface area (Å²) in [6, 6.07) is 12.4. The Morgan fingerprint density at radius 1 is 1.08 bits per heavy atom. The molecule has 2 N–H and O–H groups in total. The van der Waals surface area contributed by atoms with Crippen LogP contribution in [0.1, 0.15) is 63.9 Å². The number of aromatic nitrogens is 5. The zero-order valence-corrected chi connectivity index (χ0v) is 27.5. The summed E-state index contributed by atoms with van der Waals surface area (Å²) < 4.78 is 20.3. The van der Waals surface area contributed by atoms with Crippen LogP contribution in [-0.2, 0) is 24.8 Å². The number of amides is 1. The molecule has 1 saturated carbocycles. The van der Waals surface area contributed by atoms with Crippen LogP contribution in [0.3, 0.4) is 0 Å². The van der Waals surface area contributed by atoms with Crippen molar-refractivity contribution >= 4 is 44.7 Å². The lowest BCUT2D eigenvalue weighted by Crippen LogP contribution is -2.40. The molecule has 3 aliphatic heterocycles. The molecule has 8 heterocycles. The van der Waals surface area contributed by atoms with Gasteiger partial charge in [0, 0.05) is 29.4 Å². The average Bonchev–Trinajstić information content (AvgIpc) is 3.93. The van der Waals surface area contributed by atoms with E-state index in [-0.39, 0.29) is 23.7 Å². The summed E-state index contributed by atoms with van der Waals surface area (Å²) in [7, 11) is 0. The first kappa shape index (κ1) is 29.0. The van der Waals surface area contributed by atoms with Crippen LogP contribution in [0.15, 0.2) is 64.1 Å². The minimum atomic E-state index is -0.697. The van der Waals surface area contributed by atoms with Crippen LogP contribution in [0.25, 0.3) is 32.0 Å². The molecule has 5 aromatic heterocycles. The van der Waals surface area contributed by atoms with Gasteiger partial charge in [0.25, 0.3) is 11.8 Å². The fourth-order valence-electron chi connectivity index (χ4n) is 8.44. The second-order valence-corrected chi connectivity index (χ2v) is 14.9. The van der Waals surface area contributed by atoms with Crippen LogP contribution < -0.4 is 11.1 Å². The number of pyridine rings is 3. The number of hydrogen-bond donors (Lipinski definition) is 2. The summed E-state index contributed by atoms with van der Waals surface area (Å²) in [6.45, 7) is 0.707. The summed E-state index contributed by atoms with van der Waals surface area (Å²) in [5, 5.41) is 11.9. The summed E-state index contributed by atoms with van der Waals surface area (Å²) in [6.07, 6.45) is 7.99. The van der Waals surface area contributed by atoms with E-state index in [1.807, 2.05) is 17.0 Å². The number of benzene rings is 1. The molecule has 244 valence electrons. The maximum atomic E-state index is 14.4. The van der Waals surface area contributed by atoms with Gasteiger partial charge in [-0.3, -0.25) is 14.8 Å². The Balaban J connectivity index is 1.15. The van der Waals surface area contributed by atoms with E-state index in [2.05, 4.69) is 26.6 Å². The van der Waals surface area contributed by atoms with Crippen molar-refractivity contribution in [2.45, 2.75) is 50.1 Å². The lowest BCUT2D eigenvalue weighted by Gasteiger charge is -2.37. The fraction of sp³-hybridized carbons (Fsp3) is 0.278. The quantitative estimate of drug-likeness (QED) is 0.186. The first-order chi connectivity index (χ1) is 23.8. The summed E-state index contributed by atoms with van der Waals surface area (Å²) >= 11 is 7.75. The number of H-pyrrole nitrogens is 1. The molecule has 0 radical (unpaired) electrons. The number of nitrogens with one attached hydrogen (secondary N) is 2. The van der Waals surface area contributed by atoms with Crippen LogP contribution >= 0.6 is 22.9 Å². The second kappa shape index (κ2) is 10.5. The predicted octanol–water partition coefficient (Wildman–Crippen LogP) is 6.85. The molecule has 1 aromatic carbocycles. The van der Waals surface area contributed by atoms with Crippen LogP contribution in [0.4, 0.5) is 10.2 Å². The van der Waals surface area contributed by atoms with E-state index in [0.29, 0.717) is 52.7 Å². The van der Waals surface area contributed by atoms with Gasteiger partial charge in [0.1, 0.15) is 11.6 Å². The minimum Gasteiger partial charge on any atom is -0.388 e. The fourth-order valence-corrected chi connectivity index (χ4v) is 9.78. The summed E-state index contributed by atoms with van der Waals surface area (Å²) in [4.78, 5) is 44.1. The van der Waals surface area contributed by atoms with E-state index in [1.165, 1.54) is 23.5 Å². The average molecular weight is 692 g/mol. The molecular weight excluding hydrogens is 665 g/mol. The Morgan fingerprint density at radius 2 is 1.94 bits per heavy atom. The smallest absolute Gasteiger partial charge is 0.388 e. The zero-order chi connectivity index (χ0) is 33.0. The van der Waals surface area contributed by atoms with Crippen molar-refractivity contribution in [3.63, 3.8) is 0 Å². The molecule has 11 rings (SSSR count). The Kier molecular flexibility index (Phi) is 6.23. The van der Waals surface area contributed by atoms with Crippen molar-refractivity contribution in [1.29, 1.82) is 0 Å². The highest BCUT2D eigenvalue weighted by Gasteiger charge is 2.65. The first-order valence-corrected chi connectivity index (χ1v) is 17.5. The molecule has 2 saturated heterocycles. The van der Waals surface area contributed by atoms with E-state index in [0.717, 1.165) is 69.0 Å². The molecule has 2 bridgehead atoms. The molecule has 1 atom stereocenters. The number of rotatable bonds is 7. The van der Waals surface area contributed by atoms with Gasteiger partial charge in [-0.25, -0.2) is 19.3 Å². The Morgan fingerprint density at radius 3 is 2.76 bits per heavy atom. The van der Waals surface area contributed by atoms with Crippen LogP contribution in [0.2, 0.25) is 5.02 Å². The van der Waals surface area contributed by atoms with E-state index in [4.69, 9.17) is 26.0 Å². The monoisotopic (exact) mass is 691 g/mol. The molecule has 3 fully saturated rings. The third kappa shape index (κ3) is 4.36. The number of halogens is 2. The Hall–Kier alpha value is -4.94. The van der Waals surface area contributed by atoms with E-state index in [9.17, 15) is 14.0 Å². The molecule has 0 unspecified atom stereocenters. The predicted molar refractivity (Wildman–Crippen MR) is 182 cm³/mol. The lowest BCUT2D eigenvalue weighted by molar-refractivity contribution is 0.0637. The minimum absolute atomic E-state index is 0.0209. The Bertz CT molecular complexity index is 2420. The van der Waals surface area contributed by atoms with Gasteiger partial charge < -0.3 is 14.6 Å². The number of hydrogen-bond acceptors (Lipinski definition) is 9. The lowest BCUT2D eigenvalue weighted by atomic mass is 9.71. The molecule has 13 heteroatoms. The number of nitrogens with zero attached hydrogens (tertiary/aromatic N) is 5. The molecule has 5 aliphatic rings. The number of thiophene rings is 1. The SMILES string of the molecule is O=C1c2c(nc(CCc3ccc(F)cc3)c(-c3n[nH]c(=O)o3)c2-c2cc3ccnc(N[C@@H]4CCc5cc(Cl)cnc54)c3s2)C23CC(CN12)C3. The molecular formula is C36H27ClFN7O3S. The van der Waals surface area contributed by atoms with E-state index >= 15 is 0 Å². The van der Waals surface area contributed by atoms with Crippen molar-refractivity contribution in [2.75, 3.05) is 11.9 Å². The maximum absolute atomic E-state index is 14.4. The van der Waals surface area contributed by atoms with Crippen molar-refractivity contribution in [1.82, 2.24) is 30.0 Å². The maximum Gasteiger partial charge on any atom is 0.434 e. The number of carbonyl (C=O) groups excluding carboxylic acids is 1. The summed E-state index contributed by atoms with van der Waals surface area (Å²) in [5.41, 5.74) is 5.81. The second-order valence-electron chi connectivity index (χ2n) is 13.4. The standard InChI is InChI=1S/C36H27ClFN7O3S/c37-21-11-19-4-8-24(29(19)40-15-21)42-32-30-20(9-10-39-32)12-25(49-30)27-26(33-43-44-35(47)48-33)23(7-3-17-1-5-22(38)6-2-17)41-31-28(27)34(46)45-16-18-13-36(31,45)14-18/h1-2,5-6,9-12,15,18,24H,3-4,7-8,13-14,16H2,(H,39,42)(H,44,47)/t18?,24-,36?/m1/s1. The molecule has 2 aliphatic carbocycles. The Labute approximate surface area is 287 Å². The molecule has 6 aromatic rings. The number of fused-ring (bicyclic) bond motifs is 3. The van der Waals surface area contributed by atoms with Crippen molar-refractivity contribution in [2.24, 2.45) is 5.92 Å². The van der Waals surface area contributed by atoms with Gasteiger partial charge in [-0.1, -0.05) is 23.7 Å². The van der Waals surface area contributed by atoms with Crippen LogP contribution in [-0.4, -0.2) is 42.5 Å². The first-order valence-electron chi connectivity index (χ1n) is 16.3. The number of carbonyl (C=O) groups is 1. The van der Waals surface area contributed by atoms with Crippen molar-refractivity contribution in [3.8, 4) is 21.9 Å². The zero-order valence-electron chi connectivity index (χ0n) is 25.9. The van der Waals surface area contributed by atoms with E-state index < -0.39 is 11.3 Å². The van der Waals surface area contributed by atoms with Gasteiger partial charge in [-0.15, -0.1) is 16.4 Å². The molecule has 1 spiro atoms. The molecule has 49 heavy (non-hydrogen) atoms. The highest BCUT2D eigenvalue weighted by molar-refractivity contribution is 7.23. The van der Waals surface area contributed by atoms with Gasteiger partial charge in [0.15, 0.2) is 0 Å². The van der Waals surface area contributed by atoms with Crippen molar-refractivity contribution in [3.05, 3.63) is 110 Å². The number of aromatic amines is 1. The summed E-state index contributed by atoms with van der Waals surface area (Å²) in [5.74, 6) is 0.231. The van der Waals surface area contributed by atoms with Crippen molar-refractivity contribution < 1.29 is 13.6 Å².